The van der Waals surface area contributed by atoms with Gasteiger partial charge in [-0.25, -0.2) is 4.79 Å². The van der Waals surface area contributed by atoms with E-state index in [1.165, 1.54) is 13.8 Å². The van der Waals surface area contributed by atoms with Crippen molar-refractivity contribution in [2.45, 2.75) is 13.8 Å². The first-order valence-electron chi connectivity index (χ1n) is 3.07. The fraction of sp³-hybridized carbons (Fsp3) is 0.500. The van der Waals surface area contributed by atoms with Crippen molar-refractivity contribution in [2.75, 3.05) is 6.54 Å². The van der Waals surface area contributed by atoms with E-state index in [-0.39, 0.29) is 18.2 Å². The Morgan fingerprint density at radius 3 is 1.91 bits per heavy atom. The predicted molar refractivity (Wildman–Crippen MR) is 37.9 cm³/mol. The van der Waals surface area contributed by atoms with Crippen LogP contribution in [0.25, 0.3) is 0 Å². The smallest absolute Gasteiger partial charge is 0.321 e. The molecular formula is C6H10N2O3. The Kier molecular flexibility index (Phi) is 3.87. The minimum Gasteiger partial charge on any atom is -0.329 e. The third-order valence-corrected chi connectivity index (χ3v) is 0.662. The van der Waals surface area contributed by atoms with Crippen molar-refractivity contribution in [3.8, 4) is 0 Å². The molecule has 1 aliphatic rings. The SMILES string of the molecule is CC(C)=O.O=C1CNC(=O)N1. The first-order chi connectivity index (χ1) is 5.02. The molecule has 0 radical (unpaired) electrons. The van der Waals surface area contributed by atoms with E-state index < -0.39 is 6.03 Å². The minimum absolute atomic E-state index is 0.124. The van der Waals surface area contributed by atoms with Crippen LogP contribution in [0.4, 0.5) is 4.79 Å². The fourth-order valence-corrected chi connectivity index (χ4v) is 0.376. The molecule has 0 spiro atoms. The van der Waals surface area contributed by atoms with Crippen LogP contribution in [0.15, 0.2) is 0 Å². The highest BCUT2D eigenvalue weighted by Crippen LogP contribution is 1.73. The van der Waals surface area contributed by atoms with Gasteiger partial charge in [0.05, 0.1) is 6.54 Å². The summed E-state index contributed by atoms with van der Waals surface area (Å²) in [5, 5.41) is 4.30. The standard InChI is InChI=1S/C3H4N2O2.C3H6O/c6-2-1-4-3(7)5-2;1-3(2)4/h1H2,(H2,4,5,6,7);1-2H3. The Balaban J connectivity index is 0.000000218. The monoisotopic (exact) mass is 158 g/mol. The second-order valence-corrected chi connectivity index (χ2v) is 2.14. The number of hydrogen-bond donors (Lipinski definition) is 2. The molecule has 0 unspecified atom stereocenters. The molecule has 1 rings (SSSR count). The molecule has 0 saturated carbocycles. The largest absolute Gasteiger partial charge is 0.329 e. The number of carbonyl (C=O) groups excluding carboxylic acids is 3. The lowest BCUT2D eigenvalue weighted by Crippen LogP contribution is -2.22. The Labute approximate surface area is 64.1 Å². The highest BCUT2D eigenvalue weighted by Gasteiger charge is 2.14. The average Bonchev–Trinajstić information content (AvgIpc) is 2.13. The molecule has 0 aliphatic carbocycles. The summed E-state index contributed by atoms with van der Waals surface area (Å²) in [5.41, 5.74) is 0. The summed E-state index contributed by atoms with van der Waals surface area (Å²) in [6, 6.07) is -0.398. The second-order valence-electron chi connectivity index (χ2n) is 2.14. The number of ketones is 1. The molecule has 1 fully saturated rings. The van der Waals surface area contributed by atoms with E-state index in [9.17, 15) is 14.4 Å². The van der Waals surface area contributed by atoms with Crippen molar-refractivity contribution >= 4 is 17.7 Å². The third-order valence-electron chi connectivity index (χ3n) is 0.662. The number of Topliss-reactive ketones (excluding diaryl/α,β-unsaturated/α-hetero) is 1. The molecule has 0 aromatic carbocycles. The maximum absolute atomic E-state index is 10.1. The van der Waals surface area contributed by atoms with Gasteiger partial charge in [-0.1, -0.05) is 0 Å². The Morgan fingerprint density at radius 2 is 1.82 bits per heavy atom. The van der Waals surface area contributed by atoms with Crippen molar-refractivity contribution in [2.24, 2.45) is 0 Å². The zero-order chi connectivity index (χ0) is 8.85. The topological polar surface area (TPSA) is 75.3 Å². The first kappa shape index (κ1) is 9.61. The Morgan fingerprint density at radius 1 is 1.36 bits per heavy atom. The van der Waals surface area contributed by atoms with E-state index in [1.807, 2.05) is 5.32 Å². The van der Waals surface area contributed by atoms with Crippen molar-refractivity contribution in [3.63, 3.8) is 0 Å². The quantitative estimate of drug-likeness (QED) is 0.463. The van der Waals surface area contributed by atoms with Crippen LogP contribution < -0.4 is 10.6 Å². The van der Waals surface area contributed by atoms with E-state index in [0.29, 0.717) is 0 Å². The molecule has 1 heterocycles. The Bertz CT molecular complexity index is 170. The highest BCUT2D eigenvalue weighted by atomic mass is 16.2. The minimum atomic E-state index is -0.398. The van der Waals surface area contributed by atoms with Gasteiger partial charge in [0.15, 0.2) is 0 Å². The van der Waals surface area contributed by atoms with Crippen LogP contribution in [0.2, 0.25) is 0 Å². The van der Waals surface area contributed by atoms with Gasteiger partial charge in [0.25, 0.3) is 0 Å². The van der Waals surface area contributed by atoms with Crippen molar-refractivity contribution in [1.29, 1.82) is 0 Å². The number of amides is 3. The van der Waals surface area contributed by atoms with Crippen molar-refractivity contribution in [3.05, 3.63) is 0 Å². The summed E-state index contributed by atoms with van der Waals surface area (Å²) in [6.07, 6.45) is 0. The lowest BCUT2D eigenvalue weighted by atomic mass is 10.6. The number of urea groups is 1. The molecule has 2 N–H and O–H groups in total. The second kappa shape index (κ2) is 4.43. The van der Waals surface area contributed by atoms with Crippen LogP contribution in [0.1, 0.15) is 13.8 Å². The predicted octanol–water partition coefficient (Wildman–Crippen LogP) is -0.579. The van der Waals surface area contributed by atoms with Gasteiger partial charge >= 0.3 is 6.03 Å². The molecule has 0 aromatic heterocycles. The summed E-state index contributed by atoms with van der Waals surface area (Å²) in [7, 11) is 0. The molecule has 1 saturated heterocycles. The van der Waals surface area contributed by atoms with E-state index in [4.69, 9.17) is 0 Å². The summed E-state index contributed by atoms with van der Waals surface area (Å²) in [5.74, 6) is -0.0926. The number of imide groups is 1. The van der Waals surface area contributed by atoms with E-state index in [2.05, 4.69) is 5.32 Å². The lowest BCUT2D eigenvalue weighted by Gasteiger charge is -1.78. The normalized spacial score (nSPS) is 14.4. The molecule has 0 bridgehead atoms. The van der Waals surface area contributed by atoms with E-state index >= 15 is 0 Å². The van der Waals surface area contributed by atoms with Crippen LogP contribution in [0.5, 0.6) is 0 Å². The maximum Gasteiger partial charge on any atom is 0.321 e. The van der Waals surface area contributed by atoms with Gasteiger partial charge < -0.3 is 10.1 Å². The zero-order valence-corrected chi connectivity index (χ0v) is 6.43. The number of hydrogen-bond acceptors (Lipinski definition) is 3. The van der Waals surface area contributed by atoms with Crippen molar-refractivity contribution < 1.29 is 14.4 Å². The van der Waals surface area contributed by atoms with Gasteiger partial charge in [-0.3, -0.25) is 10.1 Å². The summed E-state index contributed by atoms with van der Waals surface area (Å²) in [4.78, 5) is 29.5. The van der Waals surface area contributed by atoms with Crippen LogP contribution in [0, 0.1) is 0 Å². The van der Waals surface area contributed by atoms with Crippen LogP contribution >= 0.6 is 0 Å². The van der Waals surface area contributed by atoms with Crippen LogP contribution in [-0.2, 0) is 9.59 Å². The summed E-state index contributed by atoms with van der Waals surface area (Å²) in [6.45, 7) is 3.18. The van der Waals surface area contributed by atoms with Gasteiger partial charge in [0.1, 0.15) is 5.78 Å². The van der Waals surface area contributed by atoms with Gasteiger partial charge in [0.2, 0.25) is 5.91 Å². The zero-order valence-electron chi connectivity index (χ0n) is 6.43. The van der Waals surface area contributed by atoms with Gasteiger partial charge in [0, 0.05) is 0 Å². The molecule has 0 aromatic rings. The number of carbonyl (C=O) groups is 3. The van der Waals surface area contributed by atoms with E-state index in [0.717, 1.165) is 0 Å². The molecule has 5 heteroatoms. The van der Waals surface area contributed by atoms with Gasteiger partial charge in [-0.05, 0) is 13.8 Å². The van der Waals surface area contributed by atoms with E-state index in [1.54, 1.807) is 0 Å². The Hall–Kier alpha value is -1.39. The maximum atomic E-state index is 10.1. The molecule has 0 atom stereocenters. The molecule has 3 amide bonds. The number of rotatable bonds is 0. The molecule has 5 nitrogen and oxygen atoms in total. The molecule has 11 heavy (non-hydrogen) atoms. The van der Waals surface area contributed by atoms with Gasteiger partial charge in [-0.15, -0.1) is 0 Å². The van der Waals surface area contributed by atoms with Gasteiger partial charge in [-0.2, -0.15) is 0 Å². The number of nitrogens with one attached hydrogen (secondary N) is 2. The van der Waals surface area contributed by atoms with Crippen molar-refractivity contribution in [1.82, 2.24) is 10.6 Å². The van der Waals surface area contributed by atoms with Crippen LogP contribution in [0.3, 0.4) is 0 Å². The highest BCUT2D eigenvalue weighted by molar-refractivity contribution is 6.01. The average molecular weight is 158 g/mol. The molecular weight excluding hydrogens is 148 g/mol. The molecule has 1 aliphatic heterocycles. The summed E-state index contributed by atoms with van der Waals surface area (Å²) < 4.78 is 0. The molecule has 62 valence electrons. The fourth-order valence-electron chi connectivity index (χ4n) is 0.376. The summed E-state index contributed by atoms with van der Waals surface area (Å²) >= 11 is 0. The lowest BCUT2D eigenvalue weighted by molar-refractivity contribution is -0.117. The first-order valence-corrected chi connectivity index (χ1v) is 3.07. The third kappa shape index (κ3) is 6.50. The van der Waals surface area contributed by atoms with Crippen LogP contribution in [-0.4, -0.2) is 24.3 Å².